The molecule has 2 aliphatic carbocycles. The molecule has 0 heterocycles. The number of aliphatic hydroxyl groups is 1. The molecule has 2 rings (SSSR count). The molecule has 2 fully saturated rings. The highest BCUT2D eigenvalue weighted by Gasteiger charge is 2.18. The molecule has 0 spiro atoms. The van der Waals surface area contributed by atoms with E-state index in [2.05, 4.69) is 13.2 Å². The Kier molecular flexibility index (Phi) is 7.72. The van der Waals surface area contributed by atoms with E-state index in [1.807, 2.05) is 0 Å². The van der Waals surface area contributed by atoms with Crippen LogP contribution in [0.5, 0.6) is 0 Å². The van der Waals surface area contributed by atoms with Gasteiger partial charge in [0.25, 0.3) is 0 Å². The Morgan fingerprint density at radius 1 is 0.727 bits per heavy atom. The van der Waals surface area contributed by atoms with Crippen LogP contribution < -0.4 is 0 Å². The molecule has 126 valence electrons. The van der Waals surface area contributed by atoms with Gasteiger partial charge in [0, 0.05) is 0 Å². The summed E-state index contributed by atoms with van der Waals surface area (Å²) in [4.78, 5) is 0. The van der Waals surface area contributed by atoms with Crippen molar-refractivity contribution in [3.8, 4) is 0 Å². The Hall–Kier alpha value is -0.560. The second-order valence-electron chi connectivity index (χ2n) is 7.98. The van der Waals surface area contributed by atoms with Crippen LogP contribution in [0.3, 0.4) is 0 Å². The van der Waals surface area contributed by atoms with Crippen molar-refractivity contribution >= 4 is 0 Å². The molecule has 0 saturated heterocycles. The predicted molar refractivity (Wildman–Crippen MR) is 95.9 cm³/mol. The fraction of sp³-hybridized carbons (Fsp3) is 0.810. The van der Waals surface area contributed by atoms with Crippen LogP contribution >= 0.6 is 0 Å². The van der Waals surface area contributed by atoms with Crippen molar-refractivity contribution in [2.45, 2.75) is 96.0 Å². The molecule has 0 bridgehead atoms. The lowest BCUT2D eigenvalue weighted by Crippen LogP contribution is -2.14. The first-order chi connectivity index (χ1) is 10.6. The van der Waals surface area contributed by atoms with E-state index in [9.17, 15) is 5.11 Å². The molecule has 0 aromatic rings. The molecule has 1 nitrogen and oxygen atoms in total. The van der Waals surface area contributed by atoms with Crippen molar-refractivity contribution in [1.29, 1.82) is 0 Å². The van der Waals surface area contributed by atoms with Gasteiger partial charge >= 0.3 is 0 Å². The first-order valence-electron chi connectivity index (χ1n) is 9.65. The average Bonchev–Trinajstić information content (AvgIpc) is 2.48. The fourth-order valence-electron chi connectivity index (χ4n) is 4.50. The lowest BCUT2D eigenvalue weighted by atomic mass is 9.82. The van der Waals surface area contributed by atoms with Crippen LogP contribution in [-0.4, -0.2) is 11.2 Å². The summed E-state index contributed by atoms with van der Waals surface area (Å²) in [7, 11) is 0. The molecule has 1 heteroatoms. The first-order valence-corrected chi connectivity index (χ1v) is 9.65. The molecule has 1 N–H and O–H groups in total. The van der Waals surface area contributed by atoms with E-state index in [0.29, 0.717) is 0 Å². The van der Waals surface area contributed by atoms with Crippen molar-refractivity contribution in [2.24, 2.45) is 11.8 Å². The Labute approximate surface area is 137 Å². The zero-order valence-corrected chi connectivity index (χ0v) is 14.5. The van der Waals surface area contributed by atoms with Gasteiger partial charge in [0.2, 0.25) is 0 Å². The molecule has 0 unspecified atom stereocenters. The maximum absolute atomic E-state index is 10.3. The second kappa shape index (κ2) is 9.55. The van der Waals surface area contributed by atoms with Gasteiger partial charge in [-0.3, -0.25) is 0 Å². The zero-order valence-electron chi connectivity index (χ0n) is 14.5. The minimum atomic E-state index is -0.257. The summed E-state index contributed by atoms with van der Waals surface area (Å²) in [5, 5.41) is 10.3. The molecule has 0 aromatic carbocycles. The van der Waals surface area contributed by atoms with Gasteiger partial charge in [0.1, 0.15) is 0 Å². The van der Waals surface area contributed by atoms with E-state index in [0.717, 1.165) is 37.5 Å². The summed E-state index contributed by atoms with van der Waals surface area (Å²) >= 11 is 0. The average molecular weight is 305 g/mol. The number of rotatable bonds is 8. The van der Waals surface area contributed by atoms with Crippen molar-refractivity contribution in [2.75, 3.05) is 0 Å². The fourth-order valence-corrected chi connectivity index (χ4v) is 4.50. The van der Waals surface area contributed by atoms with Gasteiger partial charge in [-0.15, -0.1) is 0 Å². The highest BCUT2D eigenvalue weighted by atomic mass is 16.3. The molecule has 0 aromatic heterocycles. The van der Waals surface area contributed by atoms with Crippen LogP contribution in [0.15, 0.2) is 24.3 Å². The smallest absolute Gasteiger partial charge is 0.0614 e. The van der Waals surface area contributed by atoms with Gasteiger partial charge in [-0.1, -0.05) is 88.5 Å². The SMILES string of the molecule is C=C(CC(O)CC(=C)CC1CCCCC1)CC1CCCCC1. The highest BCUT2D eigenvalue weighted by molar-refractivity contribution is 5.03. The van der Waals surface area contributed by atoms with Crippen LogP contribution in [0.2, 0.25) is 0 Å². The van der Waals surface area contributed by atoms with Gasteiger partial charge in [-0.2, -0.15) is 0 Å². The third kappa shape index (κ3) is 6.69. The summed E-state index contributed by atoms with van der Waals surface area (Å²) < 4.78 is 0. The van der Waals surface area contributed by atoms with Crippen molar-refractivity contribution in [3.05, 3.63) is 24.3 Å². The van der Waals surface area contributed by atoms with Gasteiger partial charge < -0.3 is 5.11 Å². The minimum absolute atomic E-state index is 0.257. The Balaban J connectivity index is 1.62. The molecule has 0 aliphatic heterocycles. The summed E-state index contributed by atoms with van der Waals surface area (Å²) in [5.74, 6) is 1.66. The zero-order chi connectivity index (χ0) is 15.8. The molecule has 0 amide bonds. The third-order valence-corrected chi connectivity index (χ3v) is 5.65. The van der Waals surface area contributed by atoms with Gasteiger partial charge in [-0.05, 0) is 37.5 Å². The lowest BCUT2D eigenvalue weighted by molar-refractivity contribution is 0.170. The highest BCUT2D eigenvalue weighted by Crippen LogP contribution is 2.32. The second-order valence-corrected chi connectivity index (χ2v) is 7.98. The summed E-state index contributed by atoms with van der Waals surface area (Å²) in [6, 6.07) is 0. The molecule has 22 heavy (non-hydrogen) atoms. The Bertz CT molecular complexity index is 311. The van der Waals surface area contributed by atoms with Crippen molar-refractivity contribution in [1.82, 2.24) is 0 Å². The quantitative estimate of drug-likeness (QED) is 0.531. The summed E-state index contributed by atoms with van der Waals surface area (Å²) in [5.41, 5.74) is 2.51. The first kappa shape index (κ1) is 17.8. The van der Waals surface area contributed by atoms with Crippen LogP contribution in [0, 0.1) is 11.8 Å². The van der Waals surface area contributed by atoms with Crippen molar-refractivity contribution in [3.63, 3.8) is 0 Å². The van der Waals surface area contributed by atoms with Crippen LogP contribution in [0.1, 0.15) is 89.9 Å². The van der Waals surface area contributed by atoms with E-state index in [-0.39, 0.29) is 6.10 Å². The van der Waals surface area contributed by atoms with Crippen LogP contribution in [0.4, 0.5) is 0 Å². The largest absolute Gasteiger partial charge is 0.392 e. The summed E-state index contributed by atoms with van der Waals surface area (Å²) in [6.45, 7) is 8.44. The van der Waals surface area contributed by atoms with Crippen LogP contribution in [-0.2, 0) is 0 Å². The Morgan fingerprint density at radius 3 is 1.45 bits per heavy atom. The molecule has 0 atom stereocenters. The molecule has 2 aliphatic rings. The van der Waals surface area contributed by atoms with E-state index < -0.39 is 0 Å². The normalized spacial score (nSPS) is 21.2. The monoisotopic (exact) mass is 304 g/mol. The number of aliphatic hydroxyl groups excluding tert-OH is 1. The topological polar surface area (TPSA) is 20.2 Å². The van der Waals surface area contributed by atoms with E-state index in [1.165, 1.54) is 75.4 Å². The number of hydrogen-bond donors (Lipinski definition) is 1. The maximum atomic E-state index is 10.3. The minimum Gasteiger partial charge on any atom is -0.392 e. The predicted octanol–water partition coefficient (Wildman–Crippen LogP) is 6.18. The molecule has 0 radical (unpaired) electrons. The molecular weight excluding hydrogens is 268 g/mol. The van der Waals surface area contributed by atoms with E-state index in [4.69, 9.17) is 0 Å². The Morgan fingerprint density at radius 2 is 1.09 bits per heavy atom. The van der Waals surface area contributed by atoms with Gasteiger partial charge in [-0.25, -0.2) is 0 Å². The van der Waals surface area contributed by atoms with Gasteiger partial charge in [0.05, 0.1) is 6.10 Å². The summed E-state index contributed by atoms with van der Waals surface area (Å²) in [6.07, 6.45) is 17.4. The van der Waals surface area contributed by atoms with Crippen molar-refractivity contribution < 1.29 is 5.11 Å². The van der Waals surface area contributed by atoms with E-state index in [1.54, 1.807) is 0 Å². The standard InChI is InChI=1S/C21H36O/c1-17(13-19-9-5-3-6-10-19)15-21(22)16-18(2)14-20-11-7-4-8-12-20/h19-22H,1-16H2. The van der Waals surface area contributed by atoms with Gasteiger partial charge in [0.15, 0.2) is 0 Å². The van der Waals surface area contributed by atoms with E-state index >= 15 is 0 Å². The molecular formula is C21H36O. The third-order valence-electron chi connectivity index (χ3n) is 5.65. The lowest BCUT2D eigenvalue weighted by Gasteiger charge is -2.25. The number of hydrogen-bond acceptors (Lipinski definition) is 1. The molecule has 2 saturated carbocycles. The van der Waals surface area contributed by atoms with Crippen LogP contribution in [0.25, 0.3) is 0 Å². The maximum Gasteiger partial charge on any atom is 0.0614 e.